The number of nitrogens with zero attached hydrogens (tertiary/aromatic N) is 2. The standard InChI is InChI=1S/C17H30N2/c1-6-8-17(18-13-7-2)15(4)19(5)16-11-9-14(3)10-12-16/h6-8,13-16H,9-12H2,1-5H3/b8-6-,13-7-,18-17+. The number of rotatable bonds is 5. The van der Waals surface area contributed by atoms with Crippen LogP contribution in [-0.2, 0) is 0 Å². The molecular formula is C17H30N2. The second kappa shape index (κ2) is 8.31. The van der Waals surface area contributed by atoms with Crippen molar-refractivity contribution in [2.75, 3.05) is 7.05 Å². The molecule has 0 aromatic heterocycles. The van der Waals surface area contributed by atoms with Crippen molar-refractivity contribution >= 4 is 5.71 Å². The Bertz CT molecular complexity index is 333. The Morgan fingerprint density at radius 1 is 1.16 bits per heavy atom. The molecule has 0 radical (unpaired) electrons. The van der Waals surface area contributed by atoms with E-state index < -0.39 is 0 Å². The lowest BCUT2D eigenvalue weighted by molar-refractivity contribution is 0.158. The quantitative estimate of drug-likeness (QED) is 0.669. The molecule has 0 N–H and O–H groups in total. The van der Waals surface area contributed by atoms with Crippen LogP contribution in [0.15, 0.2) is 29.4 Å². The number of hydrogen-bond donors (Lipinski definition) is 0. The smallest absolute Gasteiger partial charge is 0.0569 e. The van der Waals surface area contributed by atoms with Crippen LogP contribution in [0.3, 0.4) is 0 Å². The molecule has 1 unspecified atom stereocenters. The van der Waals surface area contributed by atoms with Crippen molar-refractivity contribution in [2.24, 2.45) is 10.9 Å². The van der Waals surface area contributed by atoms with Gasteiger partial charge in [-0.15, -0.1) is 0 Å². The third-order valence-electron chi connectivity index (χ3n) is 4.31. The van der Waals surface area contributed by atoms with Gasteiger partial charge < -0.3 is 0 Å². The topological polar surface area (TPSA) is 15.6 Å². The molecule has 0 aliphatic heterocycles. The van der Waals surface area contributed by atoms with Gasteiger partial charge in [-0.1, -0.05) is 19.1 Å². The van der Waals surface area contributed by atoms with Crippen molar-refractivity contribution in [1.82, 2.24) is 4.90 Å². The molecule has 0 aromatic carbocycles. The average Bonchev–Trinajstić information content (AvgIpc) is 2.42. The molecule has 1 aliphatic carbocycles. The van der Waals surface area contributed by atoms with Crippen LogP contribution in [0.1, 0.15) is 53.4 Å². The molecule has 0 heterocycles. The van der Waals surface area contributed by atoms with Gasteiger partial charge in [0.1, 0.15) is 0 Å². The Balaban J connectivity index is 2.70. The molecular weight excluding hydrogens is 232 g/mol. The largest absolute Gasteiger partial charge is 0.295 e. The fourth-order valence-electron chi connectivity index (χ4n) is 2.80. The predicted molar refractivity (Wildman–Crippen MR) is 85.7 cm³/mol. The summed E-state index contributed by atoms with van der Waals surface area (Å²) in [7, 11) is 2.25. The molecule has 0 bridgehead atoms. The Kier molecular flexibility index (Phi) is 7.07. The third-order valence-corrected chi connectivity index (χ3v) is 4.31. The van der Waals surface area contributed by atoms with Crippen molar-refractivity contribution in [3.63, 3.8) is 0 Å². The minimum Gasteiger partial charge on any atom is -0.295 e. The summed E-state index contributed by atoms with van der Waals surface area (Å²) in [5.74, 6) is 0.909. The van der Waals surface area contributed by atoms with E-state index in [0.29, 0.717) is 12.1 Å². The molecule has 1 aliphatic rings. The van der Waals surface area contributed by atoms with Crippen LogP contribution in [0.25, 0.3) is 0 Å². The minimum absolute atomic E-state index is 0.380. The summed E-state index contributed by atoms with van der Waals surface area (Å²) in [6.45, 7) is 8.70. The Labute approximate surface area is 119 Å². The van der Waals surface area contributed by atoms with Gasteiger partial charge in [0, 0.05) is 18.3 Å². The zero-order valence-corrected chi connectivity index (χ0v) is 13.3. The first-order chi connectivity index (χ1) is 9.10. The van der Waals surface area contributed by atoms with E-state index in [9.17, 15) is 0 Å². The lowest BCUT2D eigenvalue weighted by atomic mass is 9.86. The van der Waals surface area contributed by atoms with Crippen molar-refractivity contribution < 1.29 is 0 Å². The van der Waals surface area contributed by atoms with Crippen LogP contribution in [0.4, 0.5) is 0 Å². The van der Waals surface area contributed by atoms with Gasteiger partial charge in [0.2, 0.25) is 0 Å². The summed E-state index contributed by atoms with van der Waals surface area (Å²) in [5.41, 5.74) is 1.15. The normalized spacial score (nSPS) is 27.6. The van der Waals surface area contributed by atoms with Crippen molar-refractivity contribution in [3.8, 4) is 0 Å². The van der Waals surface area contributed by atoms with E-state index in [4.69, 9.17) is 0 Å². The molecule has 1 atom stereocenters. The van der Waals surface area contributed by atoms with Gasteiger partial charge in [-0.05, 0) is 65.5 Å². The van der Waals surface area contributed by atoms with E-state index in [0.717, 1.165) is 11.6 Å². The van der Waals surface area contributed by atoms with Crippen LogP contribution in [0.2, 0.25) is 0 Å². The number of aliphatic imine (C=N–C) groups is 1. The predicted octanol–water partition coefficient (Wildman–Crippen LogP) is 4.44. The van der Waals surface area contributed by atoms with E-state index in [1.165, 1.54) is 25.7 Å². The highest BCUT2D eigenvalue weighted by molar-refractivity contribution is 5.99. The van der Waals surface area contributed by atoms with E-state index >= 15 is 0 Å². The van der Waals surface area contributed by atoms with Gasteiger partial charge in [-0.3, -0.25) is 9.89 Å². The fraction of sp³-hybridized carbons (Fsp3) is 0.706. The molecule has 0 aromatic rings. The second-order valence-corrected chi connectivity index (χ2v) is 5.79. The lowest BCUT2D eigenvalue weighted by Gasteiger charge is -2.37. The summed E-state index contributed by atoms with van der Waals surface area (Å²) >= 11 is 0. The monoisotopic (exact) mass is 262 g/mol. The van der Waals surface area contributed by atoms with Gasteiger partial charge in [0.15, 0.2) is 0 Å². The average molecular weight is 262 g/mol. The van der Waals surface area contributed by atoms with Gasteiger partial charge >= 0.3 is 0 Å². The summed E-state index contributed by atoms with van der Waals surface area (Å²) in [5, 5.41) is 0. The van der Waals surface area contributed by atoms with Gasteiger partial charge in [0.05, 0.1) is 5.71 Å². The van der Waals surface area contributed by atoms with Crippen molar-refractivity contribution in [1.29, 1.82) is 0 Å². The number of hydrogen-bond acceptors (Lipinski definition) is 2. The Morgan fingerprint density at radius 2 is 1.79 bits per heavy atom. The third kappa shape index (κ3) is 4.94. The van der Waals surface area contributed by atoms with Gasteiger partial charge in [-0.25, -0.2) is 0 Å². The van der Waals surface area contributed by atoms with Crippen LogP contribution >= 0.6 is 0 Å². The zero-order valence-electron chi connectivity index (χ0n) is 13.3. The highest BCUT2D eigenvalue weighted by atomic mass is 15.2. The number of allylic oxidation sites excluding steroid dienone is 2. The first-order valence-electron chi connectivity index (χ1n) is 7.63. The van der Waals surface area contributed by atoms with Crippen LogP contribution in [0, 0.1) is 5.92 Å². The molecule has 1 rings (SSSR count). The molecule has 0 spiro atoms. The first-order valence-corrected chi connectivity index (χ1v) is 7.63. The maximum atomic E-state index is 4.57. The van der Waals surface area contributed by atoms with E-state index in [1.807, 2.05) is 19.2 Å². The zero-order chi connectivity index (χ0) is 14.3. The molecule has 0 amide bonds. The molecule has 0 saturated heterocycles. The summed E-state index contributed by atoms with van der Waals surface area (Å²) in [6, 6.07) is 1.10. The maximum Gasteiger partial charge on any atom is 0.0569 e. The van der Waals surface area contributed by atoms with Gasteiger partial charge in [0.25, 0.3) is 0 Å². The fourth-order valence-corrected chi connectivity index (χ4v) is 2.80. The molecule has 1 saturated carbocycles. The first kappa shape index (κ1) is 16.2. The van der Waals surface area contributed by atoms with E-state index in [-0.39, 0.29) is 0 Å². The summed E-state index contributed by atoms with van der Waals surface area (Å²) in [4.78, 5) is 7.08. The Morgan fingerprint density at radius 3 is 2.32 bits per heavy atom. The molecule has 108 valence electrons. The SMILES string of the molecule is C\C=C/N=C(\C=C/C)C(C)N(C)C1CCC(C)CC1. The van der Waals surface area contributed by atoms with E-state index in [1.54, 1.807) is 0 Å². The van der Waals surface area contributed by atoms with Crippen LogP contribution < -0.4 is 0 Å². The molecule has 2 nitrogen and oxygen atoms in total. The highest BCUT2D eigenvalue weighted by Gasteiger charge is 2.25. The van der Waals surface area contributed by atoms with Crippen molar-refractivity contribution in [3.05, 3.63) is 24.4 Å². The highest BCUT2D eigenvalue weighted by Crippen LogP contribution is 2.27. The maximum absolute atomic E-state index is 4.57. The summed E-state index contributed by atoms with van der Waals surface area (Å²) in [6.07, 6.45) is 13.5. The van der Waals surface area contributed by atoms with Crippen molar-refractivity contribution in [2.45, 2.75) is 65.5 Å². The molecule has 19 heavy (non-hydrogen) atoms. The molecule has 1 fully saturated rings. The molecule has 2 heteroatoms. The summed E-state index contributed by atoms with van der Waals surface area (Å²) < 4.78 is 0. The Hall–Kier alpha value is -0.890. The van der Waals surface area contributed by atoms with Crippen LogP contribution in [0.5, 0.6) is 0 Å². The van der Waals surface area contributed by atoms with E-state index in [2.05, 4.69) is 49.9 Å². The minimum atomic E-state index is 0.380. The van der Waals surface area contributed by atoms with Gasteiger partial charge in [-0.2, -0.15) is 0 Å². The second-order valence-electron chi connectivity index (χ2n) is 5.79. The van der Waals surface area contributed by atoms with Crippen LogP contribution in [-0.4, -0.2) is 29.7 Å². The lowest BCUT2D eigenvalue weighted by Crippen LogP contribution is -2.44.